The second-order valence-corrected chi connectivity index (χ2v) is 24.5. The summed E-state index contributed by atoms with van der Waals surface area (Å²) in [7, 11) is 0. The number of alkyl halides is 6. The molecule has 2 aliphatic rings. The molecule has 4 aromatic carbocycles. The number of fused-ring (bicyclic) bond motifs is 3. The molecule has 0 saturated carbocycles. The molecule has 0 atom stereocenters. The van der Waals surface area contributed by atoms with Crippen molar-refractivity contribution in [2.24, 2.45) is 0 Å². The van der Waals surface area contributed by atoms with Crippen LogP contribution in [0.4, 0.5) is 0 Å². The van der Waals surface area contributed by atoms with Crippen molar-refractivity contribution in [2.45, 2.75) is 125 Å². The van der Waals surface area contributed by atoms with Crippen LogP contribution in [0.2, 0.25) is 0 Å². The third-order valence-electron chi connectivity index (χ3n) is 9.82. The Morgan fingerprint density at radius 2 is 0.966 bits per heavy atom. The molecule has 0 aromatic heterocycles. The molecule has 0 fully saturated rings. The van der Waals surface area contributed by atoms with Gasteiger partial charge < -0.3 is 24.8 Å². The Hall–Kier alpha value is -0.567. The van der Waals surface area contributed by atoms with Gasteiger partial charge in [0, 0.05) is 0 Å². The maximum Gasteiger partial charge on any atom is -0.109 e. The van der Waals surface area contributed by atoms with E-state index in [1.807, 2.05) is 60.7 Å². The van der Waals surface area contributed by atoms with E-state index in [4.69, 9.17) is 69.6 Å². The summed E-state index contributed by atoms with van der Waals surface area (Å²) >= 11 is 36.4. The van der Waals surface area contributed by atoms with Crippen LogP contribution in [0.25, 0.3) is 11.1 Å². The van der Waals surface area contributed by atoms with Crippen LogP contribution in [-0.2, 0) is 59.9 Å². The van der Waals surface area contributed by atoms with E-state index in [1.54, 1.807) is 0 Å². The molecular formula is C49H54Cl8Zr-2. The van der Waals surface area contributed by atoms with E-state index in [0.717, 1.165) is 24.0 Å². The van der Waals surface area contributed by atoms with Crippen molar-refractivity contribution in [3.63, 3.8) is 0 Å². The van der Waals surface area contributed by atoms with E-state index >= 15 is 0 Å². The molecule has 4 aromatic rings. The van der Waals surface area contributed by atoms with Gasteiger partial charge in [-0.3, -0.25) is 6.08 Å². The second kappa shape index (κ2) is 20.3. The maximum absolute atomic E-state index is 5.86. The van der Waals surface area contributed by atoms with Crippen LogP contribution < -0.4 is 24.8 Å². The Labute approximate surface area is 407 Å². The van der Waals surface area contributed by atoms with Gasteiger partial charge in [-0.05, 0) is 39.4 Å². The molecule has 0 aliphatic heterocycles. The molecule has 9 heteroatoms. The minimum atomic E-state index is -1.41. The van der Waals surface area contributed by atoms with E-state index in [1.165, 1.54) is 71.9 Å². The van der Waals surface area contributed by atoms with Gasteiger partial charge in [0.05, 0.1) is 0 Å². The van der Waals surface area contributed by atoms with Crippen LogP contribution >= 0.6 is 69.6 Å². The van der Waals surface area contributed by atoms with Gasteiger partial charge >= 0.3 is 175 Å². The summed E-state index contributed by atoms with van der Waals surface area (Å²) in [5.41, 5.74) is 15.4. The molecule has 0 unspecified atom stereocenters. The number of benzene rings is 4. The van der Waals surface area contributed by atoms with Gasteiger partial charge in [0.25, 0.3) is 0 Å². The molecule has 2 aliphatic carbocycles. The van der Waals surface area contributed by atoms with E-state index in [-0.39, 0.29) is 46.5 Å². The predicted octanol–water partition coefficient (Wildman–Crippen LogP) is 10.0. The minimum Gasteiger partial charge on any atom is -1.00 e. The summed E-state index contributed by atoms with van der Waals surface area (Å²) in [5.74, 6) is 0. The molecule has 0 nitrogen and oxygen atoms in total. The van der Waals surface area contributed by atoms with E-state index in [0.29, 0.717) is 11.1 Å². The fourth-order valence-corrected chi connectivity index (χ4v) is 8.36. The molecule has 0 heterocycles. The zero-order valence-corrected chi connectivity index (χ0v) is 44.0. The summed E-state index contributed by atoms with van der Waals surface area (Å²) in [6, 6.07) is 26.4. The first-order valence-electron chi connectivity index (χ1n) is 18.9. The molecule has 6 rings (SSSR count). The van der Waals surface area contributed by atoms with Gasteiger partial charge in [0.2, 0.25) is 0 Å². The van der Waals surface area contributed by atoms with Crippen molar-refractivity contribution in [3.8, 4) is 11.1 Å². The fourth-order valence-electron chi connectivity index (χ4n) is 6.78. The average molecular weight is 1020 g/mol. The second-order valence-electron chi connectivity index (χ2n) is 18.7. The van der Waals surface area contributed by atoms with Crippen molar-refractivity contribution < 1.29 is 49.0 Å². The van der Waals surface area contributed by atoms with Gasteiger partial charge in [0.1, 0.15) is 0 Å². The van der Waals surface area contributed by atoms with Gasteiger partial charge in [0.15, 0.2) is 0 Å². The van der Waals surface area contributed by atoms with E-state index < -0.39 is 7.59 Å². The predicted molar refractivity (Wildman–Crippen MR) is 244 cm³/mol. The summed E-state index contributed by atoms with van der Waals surface area (Å²) in [5, 5.41) is 0. The van der Waals surface area contributed by atoms with Crippen LogP contribution in [0.1, 0.15) is 145 Å². The molecule has 0 N–H and O–H groups in total. The third-order valence-corrected chi connectivity index (χ3v) is 12.5. The Morgan fingerprint density at radius 3 is 1.29 bits per heavy atom. The monoisotopic (exact) mass is 1010 g/mol. The Bertz CT molecular complexity index is 1940. The van der Waals surface area contributed by atoms with Crippen molar-refractivity contribution in [1.82, 2.24) is 0 Å². The molecule has 312 valence electrons. The molecule has 0 amide bonds. The van der Waals surface area contributed by atoms with Crippen LogP contribution in [-0.4, -0.2) is 3.21 Å². The van der Waals surface area contributed by atoms with Crippen LogP contribution in [0, 0.1) is 12.1 Å². The van der Waals surface area contributed by atoms with Crippen molar-refractivity contribution in [2.75, 3.05) is 0 Å². The quantitative estimate of drug-likeness (QED) is 0.122. The summed E-state index contributed by atoms with van der Waals surface area (Å²) in [6.07, 6.45) is 11.0. The standard InChI is InChI=1S/C29H41.C15H8Cl6.C5H5.2ClH.Zr/c1-26(2,3)22-14-18-13-19-15-23(27(4,5)6)25(29(10,11)12)17-21(19)20(18)16-24(22)28(7,8)9;16-14(17,18)12-5-1-10(2-6-12)9-11-3-7-13(8-4-11)15(19,20)21;1-2-4-5-3-1;;;/h14,16-17H,13H2,1-12H3;1-8H;1-3H,4H2;2*1H;/q-1;;-1;;;+2/p-2. The number of hydrogen-bond acceptors (Lipinski definition) is 0. The summed E-state index contributed by atoms with van der Waals surface area (Å²) < 4.78 is -1.66. The van der Waals surface area contributed by atoms with Crippen LogP contribution in [0.15, 0.2) is 85.0 Å². The largest absolute Gasteiger partial charge is 1.00 e. The Morgan fingerprint density at radius 1 is 0.552 bits per heavy atom. The molecule has 0 radical (unpaired) electrons. The minimum absolute atomic E-state index is 0. The normalized spacial score (nSPS) is 13.6. The fraction of sp³-hybridized carbons (Fsp3) is 0.408. The summed E-state index contributed by atoms with van der Waals surface area (Å²) in [4.78, 5) is 0. The van der Waals surface area contributed by atoms with Gasteiger partial charge in [-0.15, -0.1) is 23.1 Å². The first-order valence-corrected chi connectivity index (χ1v) is 22.4. The smallest absolute Gasteiger partial charge is 0.109 e. The van der Waals surface area contributed by atoms with Crippen LogP contribution in [0.3, 0.4) is 0 Å². The zero-order valence-electron chi connectivity index (χ0n) is 35.5. The Kier molecular flexibility index (Phi) is 18.7. The number of hydrogen-bond donors (Lipinski definition) is 0. The first-order chi connectivity index (χ1) is 25.5. The van der Waals surface area contributed by atoms with Gasteiger partial charge in [-0.2, -0.15) is 23.8 Å². The van der Waals surface area contributed by atoms with Crippen LogP contribution in [0.5, 0.6) is 0 Å². The van der Waals surface area contributed by atoms with Crippen molar-refractivity contribution >= 4 is 72.8 Å². The van der Waals surface area contributed by atoms with Gasteiger partial charge in [-0.1, -0.05) is 106 Å². The molecule has 0 saturated heterocycles. The van der Waals surface area contributed by atoms with Crippen molar-refractivity contribution in [3.05, 3.63) is 153 Å². The number of allylic oxidation sites excluding steroid dienone is 4. The molecule has 0 bridgehead atoms. The van der Waals surface area contributed by atoms with E-state index in [2.05, 4.69) is 120 Å². The van der Waals surface area contributed by atoms with E-state index in [9.17, 15) is 0 Å². The first kappa shape index (κ1) is 53.6. The zero-order chi connectivity index (χ0) is 42.2. The van der Waals surface area contributed by atoms with Gasteiger partial charge in [-0.25, -0.2) is 12.2 Å². The molecule has 58 heavy (non-hydrogen) atoms. The molecular weight excluding hydrogens is 963 g/mol. The maximum atomic E-state index is 5.86. The topological polar surface area (TPSA) is 0 Å². The number of halogens is 8. The average Bonchev–Trinajstić information content (AvgIpc) is 3.77. The third kappa shape index (κ3) is 14.0. The Balaban J connectivity index is 0.000000354. The SMILES string of the molecule is CC(C)(C)c1[c-]c2c(cc1C(C)(C)C)-c1cc(C(C)(C)C)c(C(C)(C)C)cc1C2.ClC(Cl)(Cl)c1ccc([C](=[Zr+2])c2ccc(C(Cl)(Cl)Cl)cc2)cc1.[C-]1=CC=CC1.[Cl-].[Cl-]. The van der Waals surface area contributed by atoms with Crippen molar-refractivity contribution in [1.29, 1.82) is 0 Å². The summed E-state index contributed by atoms with van der Waals surface area (Å²) in [6.45, 7) is 28.0. The molecule has 0 spiro atoms. The number of rotatable bonds is 2.